The number of aliphatic hydroxyl groups is 1. The van der Waals surface area contributed by atoms with Crippen LogP contribution in [-0.2, 0) is 21.0 Å². The van der Waals surface area contributed by atoms with Crippen LogP contribution in [0.5, 0.6) is 11.5 Å². The molecule has 0 saturated heterocycles. The number of hydrogen-bond donors (Lipinski definition) is 3. The van der Waals surface area contributed by atoms with Crippen LogP contribution in [0.2, 0.25) is 0 Å². The molecule has 211 valence electrons. The van der Waals surface area contributed by atoms with Crippen molar-refractivity contribution in [3.05, 3.63) is 109 Å². The van der Waals surface area contributed by atoms with E-state index >= 15 is 0 Å². The summed E-state index contributed by atoms with van der Waals surface area (Å²) in [7, 11) is 0. The zero-order chi connectivity index (χ0) is 30.0. The van der Waals surface area contributed by atoms with Crippen LogP contribution in [0.25, 0.3) is 21.8 Å². The number of nitrogens with zero attached hydrogens (tertiary/aromatic N) is 2. The summed E-state index contributed by atoms with van der Waals surface area (Å²) in [6.07, 6.45) is 13.3. The monoisotopic (exact) mass is 579 g/mol. The summed E-state index contributed by atoms with van der Waals surface area (Å²) in [6.45, 7) is 11.8. The number of phenolic OH excluding ortho intramolecular Hbond substituents is 2. The number of benzene rings is 2. The third-order valence-electron chi connectivity index (χ3n) is 5.90. The Morgan fingerprint density at radius 1 is 0.825 bits per heavy atom. The second-order valence-corrected chi connectivity index (χ2v) is 9.68. The van der Waals surface area contributed by atoms with Crippen molar-refractivity contribution in [1.82, 2.24) is 9.97 Å². The Morgan fingerprint density at radius 2 is 1.30 bits per heavy atom. The van der Waals surface area contributed by atoms with Crippen LogP contribution < -0.4 is 0 Å². The Labute approximate surface area is 247 Å². The van der Waals surface area contributed by atoms with Crippen LogP contribution in [0.1, 0.15) is 53.4 Å². The van der Waals surface area contributed by atoms with Crippen molar-refractivity contribution in [2.75, 3.05) is 0 Å². The first-order chi connectivity index (χ1) is 19.1. The Morgan fingerprint density at radius 3 is 1.73 bits per heavy atom. The first-order valence-electron chi connectivity index (χ1n) is 13.0. The molecule has 0 bridgehead atoms. The summed E-state index contributed by atoms with van der Waals surface area (Å²) in [5, 5.41) is 30.3. The number of rotatable bonds is 7. The quantitative estimate of drug-likeness (QED) is 0.191. The van der Waals surface area contributed by atoms with Crippen molar-refractivity contribution in [3.63, 3.8) is 0 Å². The molecule has 0 aliphatic rings. The van der Waals surface area contributed by atoms with E-state index in [1.807, 2.05) is 36.4 Å². The van der Waals surface area contributed by atoms with Gasteiger partial charge in [-0.15, -0.1) is 6.58 Å². The second-order valence-electron chi connectivity index (χ2n) is 9.68. The van der Waals surface area contributed by atoms with Gasteiger partial charge in [0, 0.05) is 23.2 Å². The molecule has 0 fully saturated rings. The third-order valence-corrected chi connectivity index (χ3v) is 5.90. The average Bonchev–Trinajstić information content (AvgIpc) is 2.95. The number of aromatic hydroxyl groups is 2. The van der Waals surface area contributed by atoms with Gasteiger partial charge in [-0.05, 0) is 77.6 Å². The molecule has 4 rings (SSSR count). The molecule has 3 N–H and O–H groups in total. The number of fused-ring (bicyclic) bond motifs is 2. The van der Waals surface area contributed by atoms with Gasteiger partial charge >= 0.3 is 21.0 Å². The average molecular weight is 580 g/mol. The summed E-state index contributed by atoms with van der Waals surface area (Å²) in [5.41, 5.74) is 3.38. The van der Waals surface area contributed by atoms with E-state index in [0.717, 1.165) is 53.8 Å². The van der Waals surface area contributed by atoms with E-state index in [-0.39, 0.29) is 11.5 Å². The van der Waals surface area contributed by atoms with Crippen LogP contribution in [0.4, 0.5) is 0 Å². The van der Waals surface area contributed by atoms with Crippen molar-refractivity contribution in [1.29, 1.82) is 0 Å². The summed E-state index contributed by atoms with van der Waals surface area (Å²) in [5.74, 6) is 0.478. The fourth-order valence-corrected chi connectivity index (χ4v) is 3.58. The molecule has 0 saturated carbocycles. The van der Waals surface area contributed by atoms with Crippen molar-refractivity contribution in [2.24, 2.45) is 0 Å². The van der Waals surface area contributed by atoms with Gasteiger partial charge in [0.05, 0.1) is 5.60 Å². The molecule has 0 radical (unpaired) electrons. The van der Waals surface area contributed by atoms with E-state index in [2.05, 4.69) is 49.5 Å². The van der Waals surface area contributed by atoms with Crippen molar-refractivity contribution in [2.45, 2.75) is 59.0 Å². The van der Waals surface area contributed by atoms with E-state index in [1.54, 1.807) is 49.7 Å². The number of aromatic nitrogens is 2. The Bertz CT molecular complexity index is 1310. The summed E-state index contributed by atoms with van der Waals surface area (Å²) >= 11 is 1.06. The van der Waals surface area contributed by atoms with Crippen molar-refractivity contribution >= 4 is 21.8 Å². The first kappa shape index (κ1) is 34.5. The molecule has 1 unspecified atom stereocenters. The van der Waals surface area contributed by atoms with Gasteiger partial charge in [-0.1, -0.05) is 65.8 Å². The molecule has 40 heavy (non-hydrogen) atoms. The van der Waals surface area contributed by atoms with Gasteiger partial charge < -0.3 is 15.3 Å². The fraction of sp³-hybridized carbons (Fsp3) is 0.273. The van der Waals surface area contributed by atoms with Crippen LogP contribution in [-0.4, -0.2) is 30.9 Å². The predicted octanol–water partition coefficient (Wildman–Crippen LogP) is 8.16. The van der Waals surface area contributed by atoms with E-state index in [4.69, 9.17) is 3.67 Å². The van der Waals surface area contributed by atoms with Gasteiger partial charge in [0.2, 0.25) is 0 Å². The van der Waals surface area contributed by atoms with Crippen LogP contribution in [0, 0.1) is 0 Å². The predicted molar refractivity (Wildman–Crippen MR) is 160 cm³/mol. The van der Waals surface area contributed by atoms with Crippen LogP contribution >= 0.6 is 0 Å². The fourth-order valence-electron chi connectivity index (χ4n) is 3.58. The molecule has 2 heterocycles. The van der Waals surface area contributed by atoms with Crippen molar-refractivity contribution in [3.8, 4) is 11.5 Å². The van der Waals surface area contributed by atoms with Gasteiger partial charge in [-0.25, -0.2) is 0 Å². The number of pyridine rings is 2. The Hall–Kier alpha value is -3.58. The Kier molecular flexibility index (Phi) is 16.1. The molecule has 1 atom stereocenters. The maximum absolute atomic E-state index is 9.73. The zero-order valence-electron chi connectivity index (χ0n) is 23.8. The van der Waals surface area contributed by atoms with Crippen LogP contribution in [0.3, 0.4) is 0 Å². The van der Waals surface area contributed by atoms with E-state index < -0.39 is 5.60 Å². The zero-order valence-corrected chi connectivity index (χ0v) is 25.2. The van der Waals surface area contributed by atoms with Crippen LogP contribution in [0.15, 0.2) is 109 Å². The van der Waals surface area contributed by atoms with Gasteiger partial charge in [-0.3, -0.25) is 9.97 Å². The molecule has 0 spiro atoms. The molecular formula is C33H40N2O4V. The van der Waals surface area contributed by atoms with Gasteiger partial charge in [0.25, 0.3) is 0 Å². The molecule has 6 nitrogen and oxygen atoms in total. The van der Waals surface area contributed by atoms with E-state index in [1.165, 1.54) is 11.1 Å². The standard InChI is InChI=1S/C15H26O.2C9H7NO.O.V/c1-6-15(5,16)12-8-11-14(4)10-7-9-13(2)3;2*11-8-5-1-3-7-4-2-6-10-9(7)8;;/h6,9,11,16H,1,7-8,10,12H2,2-5H3;2*1-6,11H;;/b14-11+;;;;. The summed E-state index contributed by atoms with van der Waals surface area (Å²) in [6, 6.07) is 18.3. The topological polar surface area (TPSA) is 104 Å². The minimum absolute atomic E-state index is 0.239. The SMILES string of the molecule is C=CC(C)(O)CC/C=C(\C)CCC=C(C)C.Oc1cccc2cccnc12.Oc1cccc2cccnc12.[O]=[V]. The molecule has 2 aromatic carbocycles. The van der Waals surface area contributed by atoms with Gasteiger partial charge in [0.1, 0.15) is 22.5 Å². The van der Waals surface area contributed by atoms with Gasteiger partial charge in [-0.2, -0.15) is 0 Å². The normalized spacial score (nSPS) is 11.8. The minimum atomic E-state index is -0.726. The first-order valence-corrected chi connectivity index (χ1v) is 13.6. The number of phenols is 2. The maximum atomic E-state index is 9.73. The third kappa shape index (κ3) is 13.0. The van der Waals surface area contributed by atoms with E-state index in [9.17, 15) is 15.3 Å². The molecule has 0 amide bonds. The molecule has 4 aromatic rings. The van der Waals surface area contributed by atoms with Crippen molar-refractivity contribution < 1.29 is 36.4 Å². The Balaban J connectivity index is 0.000000296. The number of para-hydroxylation sites is 2. The number of allylic oxidation sites excluding steroid dienone is 4. The molecule has 0 aliphatic carbocycles. The molecule has 0 aliphatic heterocycles. The summed E-state index contributed by atoms with van der Waals surface area (Å²) in [4.78, 5) is 8.06. The number of hydrogen-bond acceptors (Lipinski definition) is 6. The van der Waals surface area contributed by atoms with Gasteiger partial charge in [0.15, 0.2) is 0 Å². The molecule has 2 aromatic heterocycles. The molecular weight excluding hydrogens is 539 g/mol. The summed E-state index contributed by atoms with van der Waals surface area (Å²) < 4.78 is 8.19. The second kappa shape index (κ2) is 18.7. The van der Waals surface area contributed by atoms with E-state index in [0.29, 0.717) is 11.0 Å². The molecule has 7 heteroatoms.